The number of alkyl halides is 2. The Labute approximate surface area is 168 Å². The highest BCUT2D eigenvalue weighted by atomic mass is 19.3. The van der Waals surface area contributed by atoms with Gasteiger partial charge in [0.15, 0.2) is 11.5 Å². The summed E-state index contributed by atoms with van der Waals surface area (Å²) in [4.78, 5) is 16.0. The third-order valence-corrected chi connectivity index (χ3v) is 3.85. The Morgan fingerprint density at radius 3 is 2.43 bits per heavy atom. The molecule has 150 valence electrons. The molecule has 1 aromatic heterocycles. The van der Waals surface area contributed by atoms with Crippen LogP contribution in [0.3, 0.4) is 0 Å². The molecule has 0 spiro atoms. The second kappa shape index (κ2) is 7.56. The Kier molecular flexibility index (Phi) is 4.77. The molecule has 0 aliphatic carbocycles. The number of rotatable bonds is 4. The SMILES string of the molecule is N#Cc1cc(Oc2ccc(NC(=O)Nc3ccc4c(c3)OC(F)(F)O4)cc2)ccn1. The molecule has 0 saturated carbocycles. The van der Waals surface area contributed by atoms with E-state index >= 15 is 0 Å². The van der Waals surface area contributed by atoms with Gasteiger partial charge in [0.05, 0.1) is 0 Å². The van der Waals surface area contributed by atoms with Crippen molar-refractivity contribution in [2.24, 2.45) is 0 Å². The highest BCUT2D eigenvalue weighted by Gasteiger charge is 2.43. The molecule has 2 amide bonds. The Morgan fingerprint density at radius 2 is 1.67 bits per heavy atom. The lowest BCUT2D eigenvalue weighted by molar-refractivity contribution is -0.286. The van der Waals surface area contributed by atoms with E-state index in [1.54, 1.807) is 30.3 Å². The molecule has 2 heterocycles. The van der Waals surface area contributed by atoms with Crippen LogP contribution < -0.4 is 24.8 Å². The van der Waals surface area contributed by atoms with E-state index in [1.807, 2.05) is 6.07 Å². The first-order valence-corrected chi connectivity index (χ1v) is 8.52. The van der Waals surface area contributed by atoms with Crippen LogP contribution in [0.1, 0.15) is 5.69 Å². The number of carbonyl (C=O) groups excluding carboxylic acids is 1. The topological polar surface area (TPSA) is 106 Å². The lowest BCUT2D eigenvalue weighted by atomic mass is 10.3. The van der Waals surface area contributed by atoms with E-state index in [9.17, 15) is 13.6 Å². The number of fused-ring (bicyclic) bond motifs is 1. The summed E-state index contributed by atoms with van der Waals surface area (Å²) in [6, 6.07) is 14.9. The Hall–Kier alpha value is -4.39. The number of hydrogen-bond acceptors (Lipinski definition) is 6. The molecule has 8 nitrogen and oxygen atoms in total. The minimum absolute atomic E-state index is 0.113. The van der Waals surface area contributed by atoms with Crippen molar-refractivity contribution in [3.63, 3.8) is 0 Å². The molecule has 1 aliphatic heterocycles. The molecule has 30 heavy (non-hydrogen) atoms. The zero-order valence-corrected chi connectivity index (χ0v) is 15.1. The molecule has 0 saturated heterocycles. The van der Waals surface area contributed by atoms with Crippen molar-refractivity contribution < 1.29 is 27.8 Å². The standard InChI is InChI=1S/C20H12F2N4O4/c21-20(22)29-17-6-3-13(10-18(17)30-20)26-19(27)25-12-1-4-15(5-2-12)28-16-7-8-24-14(9-16)11-23/h1-10H,(H2,25,26,27). The van der Waals surface area contributed by atoms with Gasteiger partial charge in [0.2, 0.25) is 0 Å². The summed E-state index contributed by atoms with van der Waals surface area (Å²) < 4.78 is 40.4. The number of amides is 2. The number of nitrogens with one attached hydrogen (secondary N) is 2. The van der Waals surface area contributed by atoms with Crippen molar-refractivity contribution in [2.75, 3.05) is 10.6 Å². The van der Waals surface area contributed by atoms with Crippen molar-refractivity contribution in [3.05, 3.63) is 66.5 Å². The first kappa shape index (κ1) is 18.9. The molecule has 0 radical (unpaired) electrons. The lowest BCUT2D eigenvalue weighted by Crippen LogP contribution is -2.25. The van der Waals surface area contributed by atoms with Gasteiger partial charge in [-0.3, -0.25) is 0 Å². The van der Waals surface area contributed by atoms with E-state index in [0.717, 1.165) is 0 Å². The number of urea groups is 1. The maximum Gasteiger partial charge on any atom is 0.586 e. The second-order valence-corrected chi connectivity index (χ2v) is 6.02. The first-order chi connectivity index (χ1) is 14.4. The Balaban J connectivity index is 1.36. The number of hydrogen-bond donors (Lipinski definition) is 2. The fraction of sp³-hybridized carbons (Fsp3) is 0.0500. The number of aromatic nitrogens is 1. The number of nitrogens with zero attached hydrogens (tertiary/aromatic N) is 2. The Morgan fingerprint density at radius 1 is 0.967 bits per heavy atom. The molecule has 0 atom stereocenters. The molecule has 0 unspecified atom stereocenters. The van der Waals surface area contributed by atoms with Gasteiger partial charge >= 0.3 is 12.3 Å². The Bertz CT molecular complexity index is 1150. The lowest BCUT2D eigenvalue weighted by Gasteiger charge is -2.09. The monoisotopic (exact) mass is 410 g/mol. The highest BCUT2D eigenvalue weighted by Crippen LogP contribution is 2.42. The van der Waals surface area contributed by atoms with Crippen molar-refractivity contribution in [1.29, 1.82) is 5.26 Å². The number of ether oxygens (including phenoxy) is 3. The van der Waals surface area contributed by atoms with Crippen LogP contribution >= 0.6 is 0 Å². The molecule has 10 heteroatoms. The van der Waals surface area contributed by atoms with Gasteiger partial charge in [-0.15, -0.1) is 8.78 Å². The van der Waals surface area contributed by atoms with Crippen LogP contribution in [-0.4, -0.2) is 17.3 Å². The minimum atomic E-state index is -3.72. The summed E-state index contributed by atoms with van der Waals surface area (Å²) in [6.07, 6.45) is -2.26. The van der Waals surface area contributed by atoms with Gasteiger partial charge < -0.3 is 24.8 Å². The fourth-order valence-corrected chi connectivity index (χ4v) is 2.60. The van der Waals surface area contributed by atoms with Crippen LogP contribution in [0.25, 0.3) is 0 Å². The molecular weight excluding hydrogens is 398 g/mol. The van der Waals surface area contributed by atoms with E-state index in [0.29, 0.717) is 17.2 Å². The number of anilines is 2. The minimum Gasteiger partial charge on any atom is -0.457 e. The van der Waals surface area contributed by atoms with Gasteiger partial charge in [0.25, 0.3) is 0 Å². The number of carbonyl (C=O) groups is 1. The summed E-state index contributed by atoms with van der Waals surface area (Å²) in [5.74, 6) is 0.661. The molecule has 0 fully saturated rings. The number of halogens is 2. The second-order valence-electron chi connectivity index (χ2n) is 6.02. The van der Waals surface area contributed by atoms with Crippen LogP contribution in [0.2, 0.25) is 0 Å². The van der Waals surface area contributed by atoms with Gasteiger partial charge in [0.1, 0.15) is 23.3 Å². The van der Waals surface area contributed by atoms with Gasteiger partial charge in [-0.2, -0.15) is 5.26 Å². The number of benzene rings is 2. The van der Waals surface area contributed by atoms with Crippen molar-refractivity contribution in [3.8, 4) is 29.1 Å². The first-order valence-electron chi connectivity index (χ1n) is 8.52. The van der Waals surface area contributed by atoms with Crippen LogP contribution in [0.5, 0.6) is 23.0 Å². The quantitative estimate of drug-likeness (QED) is 0.645. The summed E-state index contributed by atoms with van der Waals surface area (Å²) >= 11 is 0. The van der Waals surface area contributed by atoms with Gasteiger partial charge in [-0.05, 0) is 42.5 Å². The number of nitriles is 1. The summed E-state index contributed by atoms with van der Waals surface area (Å²) in [7, 11) is 0. The van der Waals surface area contributed by atoms with Crippen molar-refractivity contribution in [2.45, 2.75) is 6.29 Å². The van der Waals surface area contributed by atoms with E-state index in [1.165, 1.54) is 30.5 Å². The zero-order chi connectivity index (χ0) is 21.1. The molecular formula is C20H12F2N4O4. The molecule has 2 aromatic carbocycles. The predicted molar refractivity (Wildman–Crippen MR) is 101 cm³/mol. The number of pyridine rings is 1. The maximum absolute atomic E-state index is 13.1. The third kappa shape index (κ3) is 4.36. The van der Waals surface area contributed by atoms with Crippen molar-refractivity contribution in [1.82, 2.24) is 4.98 Å². The van der Waals surface area contributed by atoms with Gasteiger partial charge in [-0.1, -0.05) is 0 Å². The fourth-order valence-electron chi connectivity index (χ4n) is 2.60. The van der Waals surface area contributed by atoms with E-state index in [4.69, 9.17) is 10.00 Å². The van der Waals surface area contributed by atoms with Crippen molar-refractivity contribution >= 4 is 17.4 Å². The predicted octanol–water partition coefficient (Wildman–Crippen LogP) is 4.71. The highest BCUT2D eigenvalue weighted by molar-refractivity contribution is 6.00. The van der Waals surface area contributed by atoms with Crippen LogP contribution in [0.15, 0.2) is 60.8 Å². The van der Waals surface area contributed by atoms with Gasteiger partial charge in [0, 0.05) is 29.7 Å². The van der Waals surface area contributed by atoms with Crippen LogP contribution in [0, 0.1) is 11.3 Å². The van der Waals surface area contributed by atoms with Crippen LogP contribution in [0.4, 0.5) is 25.0 Å². The van der Waals surface area contributed by atoms with E-state index in [2.05, 4.69) is 25.1 Å². The largest absolute Gasteiger partial charge is 0.586 e. The molecule has 3 aromatic rings. The molecule has 0 bridgehead atoms. The molecule has 1 aliphatic rings. The summed E-state index contributed by atoms with van der Waals surface area (Å²) in [5.41, 5.74) is 0.952. The smallest absolute Gasteiger partial charge is 0.457 e. The van der Waals surface area contributed by atoms with E-state index < -0.39 is 12.3 Å². The maximum atomic E-state index is 13.1. The van der Waals surface area contributed by atoms with Crippen LogP contribution in [-0.2, 0) is 0 Å². The summed E-state index contributed by atoms with van der Waals surface area (Å²) in [5, 5.41) is 14.0. The van der Waals surface area contributed by atoms with Gasteiger partial charge in [-0.25, -0.2) is 9.78 Å². The zero-order valence-electron chi connectivity index (χ0n) is 15.1. The normalized spacial score (nSPS) is 13.2. The molecule has 4 rings (SSSR count). The third-order valence-electron chi connectivity index (χ3n) is 3.85. The average Bonchev–Trinajstić information content (AvgIpc) is 3.02. The average molecular weight is 410 g/mol. The van der Waals surface area contributed by atoms with E-state index in [-0.39, 0.29) is 22.9 Å². The summed E-state index contributed by atoms with van der Waals surface area (Å²) in [6.45, 7) is 0. The molecule has 2 N–H and O–H groups in total.